The maximum absolute atomic E-state index is 13.0. The van der Waals surface area contributed by atoms with Crippen LogP contribution in [0, 0.1) is 0 Å². The van der Waals surface area contributed by atoms with Crippen LogP contribution in [0.25, 0.3) is 0 Å². The lowest BCUT2D eigenvalue weighted by Crippen LogP contribution is -2.49. The molecular formula is C30H48ClN5O9. The quantitative estimate of drug-likeness (QED) is 0.0691. The van der Waals surface area contributed by atoms with E-state index in [0.717, 1.165) is 57.3 Å². The topological polar surface area (TPSA) is 227 Å². The lowest BCUT2D eigenvalue weighted by Gasteiger charge is -2.32. The third-order valence-corrected chi connectivity index (χ3v) is 8.57. The van der Waals surface area contributed by atoms with Gasteiger partial charge in [0.15, 0.2) is 0 Å². The SMILES string of the molecule is Nc1c(Cl)cc(C(=O)NC2CCN(CCCCCC(=O)NCCCC(=O)NC[C@H](O)[C@@H](O)[C@H](O)[C@H](O)CO)CC2)c2c1CCO2. The number of carbonyl (C=O) groups is 3. The standard InChI is InChI=1S/C30H48ClN5O9/c31-21-15-20(29-19(26(21)32)9-14-45-29)30(44)35-18-7-12-36(13-8-18)11-3-1-2-5-24(40)33-10-4-6-25(41)34-16-22(38)27(42)28(43)23(39)17-37/h15,18,22-23,27-28,37-39,42-43H,1-14,16-17,32H2,(H,33,40)(H,34,41)(H,35,44)/t22-,23+,27+,28+/m0/s1. The van der Waals surface area contributed by atoms with Crippen molar-refractivity contribution in [3.8, 4) is 5.75 Å². The van der Waals surface area contributed by atoms with E-state index in [9.17, 15) is 34.8 Å². The Morgan fingerprint density at radius 1 is 0.978 bits per heavy atom. The van der Waals surface area contributed by atoms with Crippen LogP contribution in [-0.4, -0.2) is 125 Å². The van der Waals surface area contributed by atoms with Gasteiger partial charge in [0.05, 0.1) is 35.6 Å². The number of piperidine rings is 1. The second-order valence-corrected chi connectivity index (χ2v) is 12.1. The van der Waals surface area contributed by atoms with Gasteiger partial charge in [0.25, 0.3) is 5.91 Å². The number of amides is 3. The molecule has 45 heavy (non-hydrogen) atoms. The van der Waals surface area contributed by atoms with Gasteiger partial charge < -0.3 is 56.9 Å². The van der Waals surface area contributed by atoms with Crippen molar-refractivity contribution in [1.29, 1.82) is 0 Å². The number of nitrogens with one attached hydrogen (secondary N) is 3. The number of aliphatic hydroxyl groups excluding tert-OH is 5. The molecule has 14 nitrogen and oxygen atoms in total. The Labute approximate surface area is 268 Å². The van der Waals surface area contributed by atoms with Gasteiger partial charge in [-0.3, -0.25) is 14.4 Å². The number of aliphatic hydroxyl groups is 5. The van der Waals surface area contributed by atoms with E-state index >= 15 is 0 Å². The summed E-state index contributed by atoms with van der Waals surface area (Å²) in [6.45, 7) is 2.38. The van der Waals surface area contributed by atoms with Crippen molar-refractivity contribution in [3.63, 3.8) is 0 Å². The summed E-state index contributed by atoms with van der Waals surface area (Å²) >= 11 is 6.24. The first-order valence-electron chi connectivity index (χ1n) is 15.6. The van der Waals surface area contributed by atoms with E-state index in [0.29, 0.717) is 54.4 Å². The zero-order valence-corrected chi connectivity index (χ0v) is 26.3. The number of nitrogens with zero attached hydrogens (tertiary/aromatic N) is 1. The Morgan fingerprint density at radius 2 is 1.64 bits per heavy atom. The molecule has 1 fully saturated rings. The first-order valence-corrected chi connectivity index (χ1v) is 16.0. The molecular weight excluding hydrogens is 610 g/mol. The van der Waals surface area contributed by atoms with Gasteiger partial charge in [-0.1, -0.05) is 18.0 Å². The number of benzene rings is 1. The van der Waals surface area contributed by atoms with Crippen molar-refractivity contribution in [1.82, 2.24) is 20.9 Å². The average Bonchev–Trinajstić information content (AvgIpc) is 3.53. The van der Waals surface area contributed by atoms with E-state index in [-0.39, 0.29) is 30.8 Å². The number of nitrogen functional groups attached to an aromatic ring is 1. The van der Waals surface area contributed by atoms with Crippen LogP contribution < -0.4 is 26.4 Å². The second kappa shape index (κ2) is 18.4. The number of carbonyl (C=O) groups excluding carboxylic acids is 3. The summed E-state index contributed by atoms with van der Waals surface area (Å²) in [6.07, 6.45) is -0.781. The Hall–Kier alpha value is -2.72. The van der Waals surface area contributed by atoms with E-state index in [2.05, 4.69) is 20.9 Å². The highest BCUT2D eigenvalue weighted by atomic mass is 35.5. The van der Waals surface area contributed by atoms with Crippen molar-refractivity contribution in [2.45, 2.75) is 88.2 Å². The molecule has 0 aliphatic carbocycles. The van der Waals surface area contributed by atoms with Gasteiger partial charge in [-0.05, 0) is 44.7 Å². The summed E-state index contributed by atoms with van der Waals surface area (Å²) in [6, 6.07) is 1.65. The molecule has 2 heterocycles. The third kappa shape index (κ3) is 11.2. The molecule has 2 aliphatic rings. The predicted molar refractivity (Wildman–Crippen MR) is 167 cm³/mol. The molecule has 1 saturated heterocycles. The molecule has 254 valence electrons. The van der Waals surface area contributed by atoms with Crippen molar-refractivity contribution < 1.29 is 44.7 Å². The largest absolute Gasteiger partial charge is 0.492 e. The number of unbranched alkanes of at least 4 members (excludes halogenated alkanes) is 2. The third-order valence-electron chi connectivity index (χ3n) is 8.25. The molecule has 1 aromatic carbocycles. The molecule has 3 rings (SSSR count). The number of likely N-dealkylation sites (tertiary alicyclic amines) is 1. The average molecular weight is 658 g/mol. The van der Waals surface area contributed by atoms with Gasteiger partial charge in [-0.2, -0.15) is 0 Å². The molecule has 0 spiro atoms. The number of hydrogen-bond donors (Lipinski definition) is 9. The van der Waals surface area contributed by atoms with E-state index in [4.69, 9.17) is 27.2 Å². The number of nitrogens with two attached hydrogens (primary N) is 1. The molecule has 1 aromatic rings. The van der Waals surface area contributed by atoms with Crippen LogP contribution in [0.3, 0.4) is 0 Å². The summed E-state index contributed by atoms with van der Waals surface area (Å²) in [5.74, 6) is -0.139. The highest BCUT2D eigenvalue weighted by Gasteiger charge is 2.30. The van der Waals surface area contributed by atoms with Crippen LogP contribution in [0.4, 0.5) is 5.69 Å². The zero-order valence-electron chi connectivity index (χ0n) is 25.5. The number of rotatable bonds is 18. The van der Waals surface area contributed by atoms with Gasteiger partial charge in [0.2, 0.25) is 11.8 Å². The maximum atomic E-state index is 13.0. The Bertz CT molecular complexity index is 1140. The van der Waals surface area contributed by atoms with Crippen molar-refractivity contribution in [2.75, 3.05) is 51.7 Å². The van der Waals surface area contributed by atoms with Crippen LogP contribution in [0.5, 0.6) is 5.75 Å². The van der Waals surface area contributed by atoms with Gasteiger partial charge in [0, 0.05) is 57.0 Å². The summed E-state index contributed by atoms with van der Waals surface area (Å²) in [7, 11) is 0. The van der Waals surface area contributed by atoms with E-state index in [1.807, 2.05) is 0 Å². The smallest absolute Gasteiger partial charge is 0.255 e. The van der Waals surface area contributed by atoms with Crippen LogP contribution >= 0.6 is 11.6 Å². The molecule has 15 heteroatoms. The predicted octanol–water partition coefficient (Wildman–Crippen LogP) is -0.940. The Kier molecular flexibility index (Phi) is 15.1. The van der Waals surface area contributed by atoms with Gasteiger partial charge in [0.1, 0.15) is 24.1 Å². The highest BCUT2D eigenvalue weighted by molar-refractivity contribution is 6.33. The van der Waals surface area contributed by atoms with Crippen LogP contribution in [0.1, 0.15) is 67.3 Å². The molecule has 0 unspecified atom stereocenters. The Morgan fingerprint density at radius 3 is 2.36 bits per heavy atom. The van der Waals surface area contributed by atoms with E-state index in [1.165, 1.54) is 0 Å². The molecule has 0 aromatic heterocycles. The summed E-state index contributed by atoms with van der Waals surface area (Å²) in [4.78, 5) is 39.4. The van der Waals surface area contributed by atoms with Gasteiger partial charge in [-0.25, -0.2) is 0 Å². The molecule has 0 saturated carbocycles. The minimum Gasteiger partial charge on any atom is -0.492 e. The molecule has 0 radical (unpaired) electrons. The fraction of sp³-hybridized carbons (Fsp3) is 0.700. The number of ether oxygens (including phenoxy) is 1. The van der Waals surface area contributed by atoms with Crippen LogP contribution in [0.15, 0.2) is 6.07 Å². The highest BCUT2D eigenvalue weighted by Crippen LogP contribution is 2.38. The van der Waals surface area contributed by atoms with Crippen molar-refractivity contribution in [2.24, 2.45) is 0 Å². The molecule has 0 bridgehead atoms. The minimum atomic E-state index is -1.75. The number of fused-ring (bicyclic) bond motifs is 1. The van der Waals surface area contributed by atoms with Gasteiger partial charge >= 0.3 is 0 Å². The maximum Gasteiger partial charge on any atom is 0.255 e. The Balaban J connectivity index is 1.19. The molecule has 3 amide bonds. The van der Waals surface area contributed by atoms with E-state index < -0.39 is 36.9 Å². The van der Waals surface area contributed by atoms with Crippen molar-refractivity contribution >= 4 is 35.0 Å². The first kappa shape index (κ1) is 36.7. The molecule has 4 atom stereocenters. The summed E-state index contributed by atoms with van der Waals surface area (Å²) in [5, 5.41) is 56.0. The number of hydrogen-bond acceptors (Lipinski definition) is 11. The second-order valence-electron chi connectivity index (χ2n) is 11.7. The van der Waals surface area contributed by atoms with Crippen molar-refractivity contribution in [3.05, 3.63) is 22.2 Å². The number of halogens is 1. The number of anilines is 1. The summed E-state index contributed by atoms with van der Waals surface area (Å²) < 4.78 is 5.66. The van der Waals surface area contributed by atoms with Crippen LogP contribution in [0.2, 0.25) is 5.02 Å². The monoisotopic (exact) mass is 657 g/mol. The fourth-order valence-electron chi connectivity index (χ4n) is 5.45. The zero-order chi connectivity index (χ0) is 32.9. The fourth-order valence-corrected chi connectivity index (χ4v) is 5.68. The summed E-state index contributed by atoms with van der Waals surface area (Å²) in [5.41, 5.74) is 7.75. The van der Waals surface area contributed by atoms with E-state index in [1.54, 1.807) is 6.07 Å². The molecule has 2 aliphatic heterocycles. The lowest BCUT2D eigenvalue weighted by molar-refractivity contribution is -0.126. The normalized spacial score (nSPS) is 17.9. The lowest BCUT2D eigenvalue weighted by atomic mass is 10.0. The van der Waals surface area contributed by atoms with Gasteiger partial charge in [-0.15, -0.1) is 0 Å². The molecule has 10 N–H and O–H groups in total. The first-order chi connectivity index (χ1) is 21.5. The minimum absolute atomic E-state index is 0.0720. The van der Waals surface area contributed by atoms with Crippen LogP contribution in [-0.2, 0) is 16.0 Å².